The first-order valence-corrected chi connectivity index (χ1v) is 8.42. The molecule has 4 heteroatoms. The molecule has 2 aliphatic heterocycles. The lowest BCUT2D eigenvalue weighted by Crippen LogP contribution is -2.43. The van der Waals surface area contributed by atoms with E-state index in [-0.39, 0.29) is 11.8 Å². The highest BCUT2D eigenvalue weighted by Crippen LogP contribution is 2.26. The first-order chi connectivity index (χ1) is 9.81. The third kappa shape index (κ3) is 3.73. The molecule has 0 aromatic heterocycles. The Hall–Kier alpha value is -0.610. The van der Waals surface area contributed by atoms with Gasteiger partial charge in [0.1, 0.15) is 0 Å². The molecule has 2 saturated heterocycles. The molecule has 3 fully saturated rings. The monoisotopic (exact) mass is 280 g/mol. The number of rotatable bonds is 4. The molecule has 3 rings (SSSR count). The molecule has 1 N–H and O–H groups in total. The van der Waals surface area contributed by atoms with Crippen LogP contribution >= 0.6 is 0 Å². The van der Waals surface area contributed by atoms with Crippen LogP contribution in [0.3, 0.4) is 0 Å². The third-order valence-corrected chi connectivity index (χ3v) is 5.14. The molecular weight excluding hydrogens is 252 g/mol. The summed E-state index contributed by atoms with van der Waals surface area (Å²) in [6.07, 6.45) is 8.79. The molecule has 0 bridgehead atoms. The fraction of sp³-hybridized carbons (Fsp3) is 0.938. The lowest BCUT2D eigenvalue weighted by Gasteiger charge is -2.24. The van der Waals surface area contributed by atoms with Crippen molar-refractivity contribution < 1.29 is 9.53 Å². The summed E-state index contributed by atoms with van der Waals surface area (Å²) in [6.45, 7) is 4.89. The number of hydrogen-bond donors (Lipinski definition) is 1. The Morgan fingerprint density at radius 3 is 2.75 bits per heavy atom. The van der Waals surface area contributed by atoms with Crippen LogP contribution in [0.1, 0.15) is 44.9 Å². The highest BCUT2D eigenvalue weighted by atomic mass is 16.5. The van der Waals surface area contributed by atoms with E-state index in [0.29, 0.717) is 12.6 Å². The molecular formula is C16H28N2O2. The third-order valence-electron chi connectivity index (χ3n) is 5.14. The van der Waals surface area contributed by atoms with Crippen molar-refractivity contribution in [2.45, 2.75) is 51.0 Å². The van der Waals surface area contributed by atoms with Gasteiger partial charge in [-0.3, -0.25) is 4.79 Å². The lowest BCUT2D eigenvalue weighted by molar-refractivity contribution is -0.129. The number of amides is 1. The number of likely N-dealkylation sites (tertiary alicyclic amines) is 1. The van der Waals surface area contributed by atoms with Gasteiger partial charge in [0.25, 0.3) is 0 Å². The van der Waals surface area contributed by atoms with Crippen molar-refractivity contribution in [3.63, 3.8) is 0 Å². The molecule has 1 saturated carbocycles. The molecule has 1 aliphatic carbocycles. The number of ether oxygens (including phenoxy) is 1. The molecule has 4 nitrogen and oxygen atoms in total. The second kappa shape index (κ2) is 6.90. The molecule has 0 radical (unpaired) electrons. The summed E-state index contributed by atoms with van der Waals surface area (Å²) in [5, 5.41) is 3.24. The van der Waals surface area contributed by atoms with Gasteiger partial charge in [0.05, 0.1) is 12.5 Å². The Labute approximate surface area is 122 Å². The molecule has 0 spiro atoms. The fourth-order valence-corrected chi connectivity index (χ4v) is 3.94. The molecule has 2 atom stereocenters. The van der Waals surface area contributed by atoms with Crippen LogP contribution in [0.25, 0.3) is 0 Å². The van der Waals surface area contributed by atoms with E-state index in [9.17, 15) is 4.79 Å². The van der Waals surface area contributed by atoms with Crippen LogP contribution in [0.15, 0.2) is 0 Å². The molecule has 1 amide bonds. The van der Waals surface area contributed by atoms with Crippen molar-refractivity contribution >= 4 is 5.91 Å². The van der Waals surface area contributed by atoms with Gasteiger partial charge in [0.15, 0.2) is 0 Å². The summed E-state index contributed by atoms with van der Waals surface area (Å²) in [5.41, 5.74) is 0. The van der Waals surface area contributed by atoms with E-state index in [1.807, 2.05) is 0 Å². The van der Waals surface area contributed by atoms with Gasteiger partial charge in [0.2, 0.25) is 5.91 Å². The molecule has 114 valence electrons. The first-order valence-electron chi connectivity index (χ1n) is 8.42. The van der Waals surface area contributed by atoms with Gasteiger partial charge >= 0.3 is 0 Å². The average molecular weight is 280 g/mol. The normalized spacial score (nSPS) is 32.6. The predicted molar refractivity (Wildman–Crippen MR) is 78.5 cm³/mol. The van der Waals surface area contributed by atoms with E-state index in [2.05, 4.69) is 10.2 Å². The van der Waals surface area contributed by atoms with Crippen LogP contribution in [0, 0.1) is 11.8 Å². The smallest absolute Gasteiger partial charge is 0.225 e. The van der Waals surface area contributed by atoms with Crippen LogP contribution in [0.5, 0.6) is 0 Å². The maximum atomic E-state index is 12.2. The van der Waals surface area contributed by atoms with Gasteiger partial charge in [-0.15, -0.1) is 0 Å². The molecule has 0 unspecified atom stereocenters. The minimum absolute atomic E-state index is 0.0904. The van der Waals surface area contributed by atoms with Crippen molar-refractivity contribution in [2.24, 2.45) is 11.8 Å². The van der Waals surface area contributed by atoms with Crippen LogP contribution in [-0.2, 0) is 9.53 Å². The summed E-state index contributed by atoms with van der Waals surface area (Å²) in [7, 11) is 0. The zero-order chi connectivity index (χ0) is 13.8. The Morgan fingerprint density at radius 1 is 1.15 bits per heavy atom. The van der Waals surface area contributed by atoms with Crippen LogP contribution in [0.4, 0.5) is 0 Å². The van der Waals surface area contributed by atoms with Crippen LogP contribution in [-0.4, -0.2) is 49.7 Å². The minimum Gasteiger partial charge on any atom is -0.381 e. The molecule has 20 heavy (non-hydrogen) atoms. The topological polar surface area (TPSA) is 41.6 Å². The Morgan fingerprint density at radius 2 is 2.00 bits per heavy atom. The number of carbonyl (C=O) groups excluding carboxylic acids is 1. The largest absolute Gasteiger partial charge is 0.381 e. The average Bonchev–Trinajstić information content (AvgIpc) is 3.12. The van der Waals surface area contributed by atoms with Crippen LogP contribution < -0.4 is 5.32 Å². The van der Waals surface area contributed by atoms with Gasteiger partial charge < -0.3 is 15.0 Å². The van der Waals surface area contributed by atoms with Crippen molar-refractivity contribution in [1.82, 2.24) is 10.2 Å². The van der Waals surface area contributed by atoms with E-state index in [0.717, 1.165) is 44.9 Å². The summed E-state index contributed by atoms with van der Waals surface area (Å²) in [4.78, 5) is 14.7. The van der Waals surface area contributed by atoms with E-state index in [4.69, 9.17) is 4.74 Å². The van der Waals surface area contributed by atoms with Gasteiger partial charge in [-0.1, -0.05) is 12.8 Å². The van der Waals surface area contributed by atoms with Crippen molar-refractivity contribution in [3.8, 4) is 0 Å². The van der Waals surface area contributed by atoms with Crippen molar-refractivity contribution in [2.75, 3.05) is 32.8 Å². The van der Waals surface area contributed by atoms with Crippen molar-refractivity contribution in [1.29, 1.82) is 0 Å². The second-order valence-electron chi connectivity index (χ2n) is 6.82. The fourth-order valence-electron chi connectivity index (χ4n) is 3.94. The van der Waals surface area contributed by atoms with Gasteiger partial charge in [-0.05, 0) is 38.0 Å². The van der Waals surface area contributed by atoms with Crippen LogP contribution in [0.2, 0.25) is 0 Å². The quantitative estimate of drug-likeness (QED) is 0.853. The SMILES string of the molecule is O=C(N[C@@H]1CCN(CC2CCCC2)C1)[C@@H]1CCCOC1. The summed E-state index contributed by atoms with van der Waals surface area (Å²) in [6, 6.07) is 0.367. The Bertz CT molecular complexity index is 322. The van der Waals surface area contributed by atoms with Crippen molar-refractivity contribution in [3.05, 3.63) is 0 Å². The number of nitrogens with zero attached hydrogens (tertiary/aromatic N) is 1. The summed E-state index contributed by atoms with van der Waals surface area (Å²) in [5.74, 6) is 1.22. The van der Waals surface area contributed by atoms with Gasteiger partial charge in [-0.25, -0.2) is 0 Å². The Kier molecular flexibility index (Phi) is 4.94. The standard InChI is InChI=1S/C16H28N2O2/c19-16(14-6-3-9-20-12-14)17-15-7-8-18(11-15)10-13-4-1-2-5-13/h13-15H,1-12H2,(H,17,19)/t14-,15-/m1/s1. The molecule has 2 heterocycles. The van der Waals surface area contributed by atoms with E-state index in [1.165, 1.54) is 32.2 Å². The summed E-state index contributed by atoms with van der Waals surface area (Å²) < 4.78 is 5.41. The zero-order valence-electron chi connectivity index (χ0n) is 12.5. The van der Waals surface area contributed by atoms with Gasteiger partial charge in [0, 0.05) is 32.3 Å². The molecule has 3 aliphatic rings. The minimum atomic E-state index is 0.0904. The maximum Gasteiger partial charge on any atom is 0.225 e. The first kappa shape index (κ1) is 14.3. The lowest BCUT2D eigenvalue weighted by atomic mass is 10.0. The molecule has 0 aromatic carbocycles. The maximum absolute atomic E-state index is 12.2. The van der Waals surface area contributed by atoms with E-state index in [1.54, 1.807) is 0 Å². The zero-order valence-corrected chi connectivity index (χ0v) is 12.5. The number of carbonyl (C=O) groups is 1. The number of nitrogens with one attached hydrogen (secondary N) is 1. The predicted octanol–water partition coefficient (Wildman–Crippen LogP) is 1.79. The van der Waals surface area contributed by atoms with E-state index >= 15 is 0 Å². The van der Waals surface area contributed by atoms with E-state index < -0.39 is 0 Å². The Balaban J connectivity index is 1.39. The number of hydrogen-bond acceptors (Lipinski definition) is 3. The van der Waals surface area contributed by atoms with Gasteiger partial charge in [-0.2, -0.15) is 0 Å². The highest BCUT2D eigenvalue weighted by molar-refractivity contribution is 5.79. The second-order valence-corrected chi connectivity index (χ2v) is 6.82. The molecule has 0 aromatic rings. The summed E-state index contributed by atoms with van der Waals surface area (Å²) >= 11 is 0. The highest BCUT2D eigenvalue weighted by Gasteiger charge is 2.29.